The van der Waals surface area contributed by atoms with Crippen molar-refractivity contribution in [1.82, 2.24) is 0 Å². The minimum absolute atomic E-state index is 0. The van der Waals surface area contributed by atoms with Crippen molar-refractivity contribution >= 4 is 18.2 Å². The van der Waals surface area contributed by atoms with Gasteiger partial charge >= 0.3 is 0 Å². The summed E-state index contributed by atoms with van der Waals surface area (Å²) >= 11 is 0. The number of benzene rings is 1. The Morgan fingerprint density at radius 1 is 1.24 bits per heavy atom. The van der Waals surface area contributed by atoms with Crippen LogP contribution in [0.3, 0.4) is 0 Å². The van der Waals surface area contributed by atoms with Crippen molar-refractivity contribution in [1.29, 1.82) is 0 Å². The molecule has 1 rings (SSSR count). The van der Waals surface area contributed by atoms with Crippen LogP contribution in [0.25, 0.3) is 0 Å². The van der Waals surface area contributed by atoms with Crippen molar-refractivity contribution in [3.8, 4) is 5.75 Å². The van der Waals surface area contributed by atoms with E-state index in [2.05, 4.69) is 4.99 Å². The second-order valence-corrected chi connectivity index (χ2v) is 2.53. The fourth-order valence-corrected chi connectivity index (χ4v) is 0.604. The molecule has 0 aromatic heterocycles. The van der Waals surface area contributed by atoms with Gasteiger partial charge in [0.2, 0.25) is 0 Å². The standard InChI is InChI=1S/C7H9NO.C3H7N.C2H4O.CH4/c1-9-7-4-2-6(8)3-5-7;1-3-4-2;1-2-3;/h2-5H,8H2,1H3;3H,1-2H3;2H,1H3;1H4. The minimum Gasteiger partial charge on any atom is -0.497 e. The Labute approximate surface area is 105 Å². The van der Waals surface area contributed by atoms with Crippen LogP contribution in [0.4, 0.5) is 5.69 Å². The molecule has 0 saturated heterocycles. The summed E-state index contributed by atoms with van der Waals surface area (Å²) in [7, 11) is 3.38. The average Bonchev–Trinajstić information content (AvgIpc) is 2.31. The highest BCUT2D eigenvalue weighted by Gasteiger charge is 1.86. The first-order valence-electron chi connectivity index (χ1n) is 4.82. The second-order valence-electron chi connectivity index (χ2n) is 2.53. The van der Waals surface area contributed by atoms with E-state index in [0.29, 0.717) is 0 Å². The molecule has 17 heavy (non-hydrogen) atoms. The highest BCUT2D eigenvalue weighted by atomic mass is 16.5. The van der Waals surface area contributed by atoms with Gasteiger partial charge in [0.1, 0.15) is 12.0 Å². The molecule has 1 aromatic carbocycles. The monoisotopic (exact) mass is 240 g/mol. The quantitative estimate of drug-likeness (QED) is 0.466. The van der Waals surface area contributed by atoms with Gasteiger partial charge in [-0.15, -0.1) is 0 Å². The van der Waals surface area contributed by atoms with Crippen molar-refractivity contribution < 1.29 is 9.53 Å². The van der Waals surface area contributed by atoms with Crippen molar-refractivity contribution in [2.75, 3.05) is 19.9 Å². The molecule has 0 aliphatic heterocycles. The van der Waals surface area contributed by atoms with Crippen LogP contribution in [0.2, 0.25) is 0 Å². The zero-order valence-electron chi connectivity index (χ0n) is 10.3. The van der Waals surface area contributed by atoms with Gasteiger partial charge in [-0.1, -0.05) is 7.43 Å². The molecule has 0 saturated carbocycles. The number of nitrogen functional groups attached to an aromatic ring is 1. The molecule has 2 N–H and O–H groups in total. The van der Waals surface area contributed by atoms with E-state index in [-0.39, 0.29) is 7.43 Å². The summed E-state index contributed by atoms with van der Waals surface area (Å²) in [5, 5.41) is 0. The summed E-state index contributed by atoms with van der Waals surface area (Å²) < 4.78 is 4.91. The number of hydrogen-bond acceptors (Lipinski definition) is 4. The Morgan fingerprint density at radius 2 is 1.59 bits per heavy atom. The molecule has 0 radical (unpaired) electrons. The maximum Gasteiger partial charge on any atom is 0.119 e. The molecule has 0 spiro atoms. The molecule has 0 aliphatic carbocycles. The molecule has 1 aromatic rings. The second kappa shape index (κ2) is 16.6. The van der Waals surface area contributed by atoms with Crippen LogP contribution in [0, 0.1) is 0 Å². The number of aliphatic imine (C=N–C) groups is 1. The molecule has 0 amide bonds. The van der Waals surface area contributed by atoms with E-state index in [1.54, 1.807) is 32.5 Å². The maximum absolute atomic E-state index is 8.81. The van der Waals surface area contributed by atoms with Crippen LogP contribution >= 0.6 is 0 Å². The van der Waals surface area contributed by atoms with E-state index in [9.17, 15) is 0 Å². The summed E-state index contributed by atoms with van der Waals surface area (Å²) in [6.45, 7) is 3.33. The Morgan fingerprint density at radius 3 is 1.82 bits per heavy atom. The van der Waals surface area contributed by atoms with Crippen LogP contribution in [0.5, 0.6) is 5.75 Å². The number of carbonyl (C=O) groups is 1. The number of methoxy groups -OCH3 is 1. The molecular weight excluding hydrogens is 216 g/mol. The van der Waals surface area contributed by atoms with Crippen molar-refractivity contribution in [2.24, 2.45) is 4.99 Å². The lowest BCUT2D eigenvalue weighted by Crippen LogP contribution is -1.84. The number of aldehydes is 1. The summed E-state index contributed by atoms with van der Waals surface area (Å²) in [6, 6.07) is 7.27. The molecule has 0 heterocycles. The number of nitrogens with two attached hydrogens (primary N) is 1. The zero-order valence-corrected chi connectivity index (χ0v) is 10.3. The number of carbonyl (C=O) groups excluding carboxylic acids is 1. The van der Waals surface area contributed by atoms with E-state index >= 15 is 0 Å². The fourth-order valence-electron chi connectivity index (χ4n) is 0.604. The molecule has 4 heteroatoms. The van der Waals surface area contributed by atoms with Gasteiger partial charge in [0.05, 0.1) is 7.11 Å². The number of anilines is 1. The molecule has 4 nitrogen and oxygen atoms in total. The normalized spacial score (nSPS) is 7.76. The van der Waals surface area contributed by atoms with Gasteiger partial charge in [-0.25, -0.2) is 0 Å². The zero-order chi connectivity index (χ0) is 12.8. The molecular formula is C13H24N2O2. The lowest BCUT2D eigenvalue weighted by atomic mass is 10.3. The highest BCUT2D eigenvalue weighted by Crippen LogP contribution is 2.11. The third kappa shape index (κ3) is 16.8. The van der Waals surface area contributed by atoms with Gasteiger partial charge in [0, 0.05) is 12.7 Å². The lowest BCUT2D eigenvalue weighted by Gasteiger charge is -1.97. The third-order valence-corrected chi connectivity index (χ3v) is 1.37. The smallest absolute Gasteiger partial charge is 0.119 e. The molecule has 0 fully saturated rings. The van der Waals surface area contributed by atoms with E-state index in [4.69, 9.17) is 15.3 Å². The fraction of sp³-hybridized carbons (Fsp3) is 0.385. The Kier molecular flexibility index (Phi) is 20.1. The van der Waals surface area contributed by atoms with Crippen molar-refractivity contribution in [3.63, 3.8) is 0 Å². The third-order valence-electron chi connectivity index (χ3n) is 1.37. The first kappa shape index (κ1) is 20.6. The Hall–Kier alpha value is -1.84. The molecule has 98 valence electrons. The van der Waals surface area contributed by atoms with E-state index in [0.717, 1.165) is 17.7 Å². The Balaban J connectivity index is -0.000000210. The predicted octanol–water partition coefficient (Wildman–Crippen LogP) is 2.83. The lowest BCUT2D eigenvalue weighted by molar-refractivity contribution is -0.106. The van der Waals surface area contributed by atoms with Gasteiger partial charge in [0.15, 0.2) is 0 Å². The van der Waals surface area contributed by atoms with Crippen LogP contribution in [-0.4, -0.2) is 26.7 Å². The summed E-state index contributed by atoms with van der Waals surface area (Å²) in [5.41, 5.74) is 6.19. The van der Waals surface area contributed by atoms with Gasteiger partial charge in [0.25, 0.3) is 0 Å². The first-order chi connectivity index (χ1) is 7.65. The molecule has 0 aliphatic rings. The van der Waals surface area contributed by atoms with Gasteiger partial charge in [-0.3, -0.25) is 0 Å². The Bertz CT molecular complexity index is 278. The van der Waals surface area contributed by atoms with Crippen LogP contribution < -0.4 is 10.5 Å². The van der Waals surface area contributed by atoms with Gasteiger partial charge < -0.3 is 20.3 Å². The van der Waals surface area contributed by atoms with Crippen molar-refractivity contribution in [3.05, 3.63) is 24.3 Å². The first-order valence-corrected chi connectivity index (χ1v) is 4.82. The largest absolute Gasteiger partial charge is 0.497 e. The number of rotatable bonds is 1. The van der Waals surface area contributed by atoms with Crippen LogP contribution in [0.15, 0.2) is 29.3 Å². The van der Waals surface area contributed by atoms with Gasteiger partial charge in [-0.05, 0) is 44.3 Å². The summed E-state index contributed by atoms with van der Waals surface area (Å²) in [5.74, 6) is 0.837. The topological polar surface area (TPSA) is 64.7 Å². The number of nitrogens with zero attached hydrogens (tertiary/aromatic N) is 1. The molecule has 0 atom stereocenters. The molecule has 0 unspecified atom stereocenters. The predicted molar refractivity (Wildman–Crippen MR) is 76.0 cm³/mol. The average molecular weight is 240 g/mol. The summed E-state index contributed by atoms with van der Waals surface area (Å²) in [6.07, 6.45) is 2.50. The van der Waals surface area contributed by atoms with E-state index < -0.39 is 0 Å². The van der Waals surface area contributed by atoms with Crippen molar-refractivity contribution in [2.45, 2.75) is 21.3 Å². The van der Waals surface area contributed by atoms with E-state index in [1.807, 2.05) is 19.1 Å². The summed E-state index contributed by atoms with van der Waals surface area (Å²) in [4.78, 5) is 12.4. The number of ether oxygens (including phenoxy) is 1. The number of hydrogen-bond donors (Lipinski definition) is 1. The maximum atomic E-state index is 8.81. The molecule has 0 bridgehead atoms. The van der Waals surface area contributed by atoms with E-state index in [1.165, 1.54) is 6.92 Å². The highest BCUT2D eigenvalue weighted by molar-refractivity contribution is 5.52. The van der Waals surface area contributed by atoms with Crippen LogP contribution in [-0.2, 0) is 4.79 Å². The van der Waals surface area contributed by atoms with Gasteiger partial charge in [-0.2, -0.15) is 0 Å². The van der Waals surface area contributed by atoms with Crippen LogP contribution in [0.1, 0.15) is 21.3 Å². The SMILES string of the molecule is C.CC=NC.CC=O.COc1ccc(N)cc1. The minimum atomic E-state index is 0.